The SMILES string of the molecule is CC(=O)O[C@@H]1[C@@H](OC(C)=O)[C@H](n2ccc(=O)[nH]c2=O)O[C@H]1CO. The second kappa shape index (κ2) is 6.75. The molecule has 0 saturated carbocycles. The molecule has 0 aromatic carbocycles. The number of hydrogen-bond acceptors (Lipinski definition) is 8. The van der Waals surface area contributed by atoms with E-state index in [4.69, 9.17) is 14.2 Å². The van der Waals surface area contributed by atoms with Crippen LogP contribution >= 0.6 is 0 Å². The van der Waals surface area contributed by atoms with Gasteiger partial charge in [0.1, 0.15) is 6.10 Å². The molecule has 10 nitrogen and oxygen atoms in total. The summed E-state index contributed by atoms with van der Waals surface area (Å²) in [5, 5.41) is 9.38. The van der Waals surface area contributed by atoms with Crippen molar-refractivity contribution in [1.29, 1.82) is 0 Å². The molecule has 0 unspecified atom stereocenters. The summed E-state index contributed by atoms with van der Waals surface area (Å²) < 4.78 is 16.6. The van der Waals surface area contributed by atoms with Crippen LogP contribution in [0.2, 0.25) is 0 Å². The number of aliphatic hydroxyl groups excluding tert-OH is 1. The molecule has 1 aliphatic rings. The molecule has 0 radical (unpaired) electrons. The summed E-state index contributed by atoms with van der Waals surface area (Å²) >= 11 is 0. The van der Waals surface area contributed by atoms with E-state index in [2.05, 4.69) is 0 Å². The second-order valence-electron chi connectivity index (χ2n) is 4.91. The lowest BCUT2D eigenvalue weighted by Crippen LogP contribution is -2.42. The van der Waals surface area contributed by atoms with Crippen LogP contribution in [0, 0.1) is 0 Å². The first-order chi connectivity index (χ1) is 10.8. The van der Waals surface area contributed by atoms with Crippen molar-refractivity contribution in [2.24, 2.45) is 0 Å². The molecule has 1 saturated heterocycles. The topological polar surface area (TPSA) is 137 Å². The van der Waals surface area contributed by atoms with E-state index < -0.39 is 54.3 Å². The predicted octanol–water partition coefficient (Wildman–Crippen LogP) is -1.71. The lowest BCUT2D eigenvalue weighted by Gasteiger charge is -2.23. The van der Waals surface area contributed by atoms with E-state index in [1.807, 2.05) is 4.98 Å². The number of nitrogens with one attached hydrogen (secondary N) is 1. The molecule has 126 valence electrons. The Morgan fingerprint density at radius 3 is 2.39 bits per heavy atom. The summed E-state index contributed by atoms with van der Waals surface area (Å²) in [4.78, 5) is 47.6. The number of carbonyl (C=O) groups is 2. The van der Waals surface area contributed by atoms with Crippen molar-refractivity contribution in [3.05, 3.63) is 33.1 Å². The molecular formula is C13H16N2O8. The maximum atomic E-state index is 11.9. The first kappa shape index (κ1) is 16.9. The molecule has 0 bridgehead atoms. The molecular weight excluding hydrogens is 312 g/mol. The Labute approximate surface area is 129 Å². The number of esters is 2. The molecule has 0 spiro atoms. The van der Waals surface area contributed by atoms with Crippen LogP contribution in [-0.4, -0.2) is 51.5 Å². The molecule has 23 heavy (non-hydrogen) atoms. The molecule has 1 aromatic rings. The van der Waals surface area contributed by atoms with Crippen LogP contribution in [0.25, 0.3) is 0 Å². The minimum atomic E-state index is -1.16. The zero-order valence-electron chi connectivity index (χ0n) is 12.4. The molecule has 1 aromatic heterocycles. The highest BCUT2D eigenvalue weighted by atomic mass is 16.6. The van der Waals surface area contributed by atoms with Crippen molar-refractivity contribution >= 4 is 11.9 Å². The minimum absolute atomic E-state index is 0.523. The van der Waals surface area contributed by atoms with Gasteiger partial charge in [-0.15, -0.1) is 0 Å². The van der Waals surface area contributed by atoms with Gasteiger partial charge in [0.25, 0.3) is 5.56 Å². The summed E-state index contributed by atoms with van der Waals surface area (Å²) in [6.07, 6.45) is -3.24. The number of nitrogens with zero attached hydrogens (tertiary/aromatic N) is 1. The third-order valence-electron chi connectivity index (χ3n) is 3.19. The summed E-state index contributed by atoms with van der Waals surface area (Å²) in [5.74, 6) is -1.35. The number of aliphatic hydroxyl groups is 1. The van der Waals surface area contributed by atoms with Crippen molar-refractivity contribution in [1.82, 2.24) is 9.55 Å². The van der Waals surface area contributed by atoms with Crippen LogP contribution in [0.15, 0.2) is 21.9 Å². The fourth-order valence-electron chi connectivity index (χ4n) is 2.36. The van der Waals surface area contributed by atoms with Crippen LogP contribution in [-0.2, 0) is 23.8 Å². The Balaban J connectivity index is 2.43. The maximum Gasteiger partial charge on any atom is 0.330 e. The van der Waals surface area contributed by atoms with Crippen molar-refractivity contribution in [3.63, 3.8) is 0 Å². The largest absolute Gasteiger partial charge is 0.456 e. The fraction of sp³-hybridized carbons (Fsp3) is 0.538. The fourth-order valence-corrected chi connectivity index (χ4v) is 2.36. The first-order valence-electron chi connectivity index (χ1n) is 6.75. The van der Waals surface area contributed by atoms with Crippen LogP contribution in [0.5, 0.6) is 0 Å². The van der Waals surface area contributed by atoms with Crippen molar-refractivity contribution in [2.45, 2.75) is 38.4 Å². The number of rotatable bonds is 4. The van der Waals surface area contributed by atoms with Gasteiger partial charge in [-0.2, -0.15) is 0 Å². The Bertz CT molecular complexity index is 708. The van der Waals surface area contributed by atoms with Crippen LogP contribution < -0.4 is 11.2 Å². The van der Waals surface area contributed by atoms with Gasteiger partial charge >= 0.3 is 17.6 Å². The number of aromatic amines is 1. The quantitative estimate of drug-likeness (QED) is 0.623. The van der Waals surface area contributed by atoms with E-state index >= 15 is 0 Å². The Morgan fingerprint density at radius 1 is 1.26 bits per heavy atom. The Morgan fingerprint density at radius 2 is 1.87 bits per heavy atom. The smallest absolute Gasteiger partial charge is 0.330 e. The molecule has 10 heteroatoms. The molecule has 0 amide bonds. The van der Waals surface area contributed by atoms with Crippen LogP contribution in [0.4, 0.5) is 0 Å². The van der Waals surface area contributed by atoms with Crippen molar-refractivity contribution in [2.75, 3.05) is 6.61 Å². The average Bonchev–Trinajstić information content (AvgIpc) is 2.76. The monoisotopic (exact) mass is 328 g/mol. The van der Waals surface area contributed by atoms with E-state index in [9.17, 15) is 24.3 Å². The van der Waals surface area contributed by atoms with Crippen LogP contribution in [0.3, 0.4) is 0 Å². The standard InChI is InChI=1S/C13H16N2O8/c1-6(17)21-10-8(5-16)23-12(11(10)22-7(2)18)15-4-3-9(19)14-13(15)20/h3-4,8,10-12,16H,5H2,1-2H3,(H,14,19,20)/t8-,10-,11+,12+/m0/s1. The summed E-state index contributed by atoms with van der Waals surface area (Å²) in [5.41, 5.74) is -1.40. The van der Waals surface area contributed by atoms with Gasteiger partial charge in [0.05, 0.1) is 6.61 Å². The lowest BCUT2D eigenvalue weighted by atomic mass is 10.1. The second-order valence-corrected chi connectivity index (χ2v) is 4.91. The van der Waals surface area contributed by atoms with E-state index in [1.165, 1.54) is 0 Å². The molecule has 1 fully saturated rings. The number of carbonyl (C=O) groups excluding carboxylic acids is 2. The summed E-state index contributed by atoms with van der Waals surface area (Å²) in [7, 11) is 0. The van der Waals surface area contributed by atoms with Gasteiger partial charge < -0.3 is 19.3 Å². The third-order valence-corrected chi connectivity index (χ3v) is 3.19. The highest BCUT2D eigenvalue weighted by Crippen LogP contribution is 2.32. The van der Waals surface area contributed by atoms with E-state index in [0.717, 1.165) is 30.7 Å². The van der Waals surface area contributed by atoms with Gasteiger partial charge in [-0.3, -0.25) is 23.9 Å². The number of ether oxygens (including phenoxy) is 3. The Hall–Kier alpha value is -2.46. The highest BCUT2D eigenvalue weighted by Gasteiger charge is 2.50. The molecule has 4 atom stereocenters. The van der Waals surface area contributed by atoms with Gasteiger partial charge in [-0.25, -0.2) is 4.79 Å². The van der Waals surface area contributed by atoms with E-state index in [1.54, 1.807) is 0 Å². The predicted molar refractivity (Wildman–Crippen MR) is 73.4 cm³/mol. The zero-order valence-corrected chi connectivity index (χ0v) is 12.4. The maximum absolute atomic E-state index is 11.9. The minimum Gasteiger partial charge on any atom is -0.456 e. The normalized spacial score (nSPS) is 26.7. The van der Waals surface area contributed by atoms with E-state index in [0.29, 0.717) is 0 Å². The molecule has 0 aliphatic carbocycles. The summed E-state index contributed by atoms with van der Waals surface area (Å²) in [6.45, 7) is 1.77. The number of H-pyrrole nitrogens is 1. The number of aromatic nitrogens is 2. The zero-order chi connectivity index (χ0) is 17.1. The lowest BCUT2D eigenvalue weighted by molar-refractivity contribution is -0.165. The Kier molecular flexibility index (Phi) is 4.96. The van der Waals surface area contributed by atoms with Gasteiger partial charge in [0, 0.05) is 26.1 Å². The van der Waals surface area contributed by atoms with Gasteiger partial charge in [0.15, 0.2) is 18.4 Å². The number of hydrogen-bond donors (Lipinski definition) is 2. The third kappa shape index (κ3) is 3.66. The molecule has 2 rings (SSSR count). The van der Waals surface area contributed by atoms with Crippen molar-refractivity contribution < 1.29 is 28.9 Å². The van der Waals surface area contributed by atoms with Crippen molar-refractivity contribution in [3.8, 4) is 0 Å². The van der Waals surface area contributed by atoms with Gasteiger partial charge in [-0.05, 0) is 0 Å². The molecule has 2 N–H and O–H groups in total. The average molecular weight is 328 g/mol. The molecule has 1 aliphatic heterocycles. The first-order valence-corrected chi connectivity index (χ1v) is 6.75. The van der Waals surface area contributed by atoms with Gasteiger partial charge in [-0.1, -0.05) is 0 Å². The highest BCUT2D eigenvalue weighted by molar-refractivity contribution is 5.67. The molecule has 2 heterocycles. The van der Waals surface area contributed by atoms with E-state index in [-0.39, 0.29) is 0 Å². The van der Waals surface area contributed by atoms with Gasteiger partial charge in [0.2, 0.25) is 0 Å². The summed E-state index contributed by atoms with van der Waals surface area (Å²) in [6, 6.07) is 1.09. The van der Waals surface area contributed by atoms with Crippen LogP contribution in [0.1, 0.15) is 20.1 Å².